The largest absolute Gasteiger partial charge is 0.351 e. The molecule has 1 fully saturated rings. The lowest BCUT2D eigenvalue weighted by atomic mass is 10.1. The van der Waals surface area contributed by atoms with Crippen LogP contribution in [0.3, 0.4) is 0 Å². The average Bonchev–Trinajstić information content (AvgIpc) is 2.94. The van der Waals surface area contributed by atoms with Gasteiger partial charge in [0, 0.05) is 37.0 Å². The Hall–Kier alpha value is -2.73. The second-order valence-corrected chi connectivity index (χ2v) is 8.03. The van der Waals surface area contributed by atoms with Gasteiger partial charge in [0.25, 0.3) is 5.91 Å². The van der Waals surface area contributed by atoms with Gasteiger partial charge in [-0.25, -0.2) is 9.97 Å². The van der Waals surface area contributed by atoms with Crippen LogP contribution in [0.5, 0.6) is 0 Å². The van der Waals surface area contributed by atoms with Gasteiger partial charge in [-0.05, 0) is 56.6 Å². The summed E-state index contributed by atoms with van der Waals surface area (Å²) in [5.74, 6) is 0.840. The smallest absolute Gasteiger partial charge is 0.251 e. The first-order valence-corrected chi connectivity index (χ1v) is 11.2. The highest BCUT2D eigenvalue weighted by Gasteiger charge is 2.15. The third-order valence-electron chi connectivity index (χ3n) is 5.75. The molecular weight excluding hydrogens is 374 g/mol. The van der Waals surface area contributed by atoms with E-state index in [1.165, 1.54) is 25.7 Å². The number of carbonyl (C=O) groups excluding carboxylic acids is 1. The zero-order valence-electron chi connectivity index (χ0n) is 17.8. The average molecular weight is 406 g/mol. The molecular formula is C24H31N5O. The number of hydrogen-bond acceptors (Lipinski definition) is 4. The fourth-order valence-corrected chi connectivity index (χ4v) is 4.20. The van der Waals surface area contributed by atoms with E-state index in [1.807, 2.05) is 36.4 Å². The molecule has 1 N–H and O–H groups in total. The molecule has 1 aliphatic rings. The van der Waals surface area contributed by atoms with Crippen molar-refractivity contribution >= 4 is 17.1 Å². The molecule has 158 valence electrons. The van der Waals surface area contributed by atoms with Gasteiger partial charge < -0.3 is 14.8 Å². The molecule has 0 radical (unpaired) electrons. The minimum atomic E-state index is -0.0250. The van der Waals surface area contributed by atoms with Crippen molar-refractivity contribution in [1.29, 1.82) is 0 Å². The molecule has 1 aromatic carbocycles. The van der Waals surface area contributed by atoms with Crippen LogP contribution in [0.25, 0.3) is 22.6 Å². The standard InChI is InChI=1S/C24H31N5O/c1-2-14-29-22(27-21-11-8-12-25-23(21)29)19-9-7-10-20(18-19)24(30)26-13-17-28-15-5-3-4-6-16-28/h7-12,18H,2-6,13-17H2,1H3,(H,26,30). The summed E-state index contributed by atoms with van der Waals surface area (Å²) < 4.78 is 2.14. The summed E-state index contributed by atoms with van der Waals surface area (Å²) >= 11 is 0. The number of amides is 1. The van der Waals surface area contributed by atoms with Crippen LogP contribution in [0.2, 0.25) is 0 Å². The number of hydrogen-bond donors (Lipinski definition) is 1. The van der Waals surface area contributed by atoms with Crippen LogP contribution in [0, 0.1) is 0 Å². The summed E-state index contributed by atoms with van der Waals surface area (Å²) in [5, 5.41) is 3.09. The molecule has 1 aliphatic heterocycles. The molecule has 0 aliphatic carbocycles. The lowest BCUT2D eigenvalue weighted by molar-refractivity contribution is 0.0948. The molecule has 3 aromatic rings. The van der Waals surface area contributed by atoms with Gasteiger partial charge >= 0.3 is 0 Å². The lowest BCUT2D eigenvalue weighted by Crippen LogP contribution is -2.35. The Kier molecular flexibility index (Phi) is 6.74. The fraction of sp³-hybridized carbons (Fsp3) is 0.458. The maximum Gasteiger partial charge on any atom is 0.251 e. The second kappa shape index (κ2) is 9.85. The van der Waals surface area contributed by atoms with E-state index in [-0.39, 0.29) is 5.91 Å². The van der Waals surface area contributed by atoms with Gasteiger partial charge in [-0.3, -0.25) is 4.79 Å². The second-order valence-electron chi connectivity index (χ2n) is 8.03. The summed E-state index contributed by atoms with van der Waals surface area (Å²) in [5.41, 5.74) is 3.39. The van der Waals surface area contributed by atoms with Crippen LogP contribution < -0.4 is 5.32 Å². The van der Waals surface area contributed by atoms with E-state index in [0.717, 1.165) is 55.2 Å². The Balaban J connectivity index is 1.48. The quantitative estimate of drug-likeness (QED) is 0.642. The number of likely N-dealkylation sites (tertiary alicyclic amines) is 1. The highest BCUT2D eigenvalue weighted by Crippen LogP contribution is 2.24. The number of fused-ring (bicyclic) bond motifs is 1. The van der Waals surface area contributed by atoms with E-state index in [1.54, 1.807) is 6.20 Å². The van der Waals surface area contributed by atoms with Crippen molar-refractivity contribution in [1.82, 2.24) is 24.8 Å². The number of benzene rings is 1. The topological polar surface area (TPSA) is 63.1 Å². The Labute approximate surface area is 178 Å². The lowest BCUT2D eigenvalue weighted by Gasteiger charge is -2.19. The van der Waals surface area contributed by atoms with Gasteiger partial charge in [-0.1, -0.05) is 31.9 Å². The van der Waals surface area contributed by atoms with Crippen LogP contribution in [0.1, 0.15) is 49.4 Å². The number of aromatic nitrogens is 3. The van der Waals surface area contributed by atoms with Crippen molar-refractivity contribution in [2.24, 2.45) is 0 Å². The minimum absolute atomic E-state index is 0.0250. The molecule has 0 spiro atoms. The van der Waals surface area contributed by atoms with Crippen LogP contribution in [-0.4, -0.2) is 51.5 Å². The highest BCUT2D eigenvalue weighted by molar-refractivity contribution is 5.95. The molecule has 0 bridgehead atoms. The number of nitrogens with zero attached hydrogens (tertiary/aromatic N) is 4. The molecule has 0 unspecified atom stereocenters. The summed E-state index contributed by atoms with van der Waals surface area (Å²) in [6.07, 6.45) is 7.98. The molecule has 6 nitrogen and oxygen atoms in total. The monoisotopic (exact) mass is 405 g/mol. The predicted octanol–water partition coefficient (Wildman–Crippen LogP) is 4.11. The van der Waals surface area contributed by atoms with E-state index >= 15 is 0 Å². The van der Waals surface area contributed by atoms with Crippen LogP contribution in [-0.2, 0) is 6.54 Å². The number of carbonyl (C=O) groups is 1. The molecule has 1 amide bonds. The fourth-order valence-electron chi connectivity index (χ4n) is 4.20. The number of aryl methyl sites for hydroxylation is 1. The van der Waals surface area contributed by atoms with Crippen molar-refractivity contribution in [3.63, 3.8) is 0 Å². The van der Waals surface area contributed by atoms with Gasteiger partial charge in [0.1, 0.15) is 11.3 Å². The number of rotatable bonds is 7. The summed E-state index contributed by atoms with van der Waals surface area (Å²) in [6.45, 7) is 6.88. The maximum atomic E-state index is 12.8. The van der Waals surface area contributed by atoms with Crippen molar-refractivity contribution in [3.05, 3.63) is 48.2 Å². The molecule has 0 atom stereocenters. The first-order valence-electron chi connectivity index (χ1n) is 11.2. The zero-order chi connectivity index (χ0) is 20.8. The normalized spacial score (nSPS) is 15.2. The number of imidazole rings is 1. The Morgan fingerprint density at radius 3 is 2.70 bits per heavy atom. The van der Waals surface area contributed by atoms with Crippen molar-refractivity contribution in [2.45, 2.75) is 45.6 Å². The number of nitrogens with one attached hydrogen (secondary N) is 1. The van der Waals surface area contributed by atoms with Gasteiger partial charge in [0.05, 0.1) is 0 Å². The third-order valence-corrected chi connectivity index (χ3v) is 5.75. The SMILES string of the molecule is CCCn1c(-c2cccc(C(=O)NCCN3CCCCCC3)c2)nc2cccnc21. The van der Waals surface area contributed by atoms with Crippen molar-refractivity contribution in [2.75, 3.05) is 26.2 Å². The van der Waals surface area contributed by atoms with Gasteiger partial charge in [0.2, 0.25) is 0 Å². The molecule has 0 saturated carbocycles. The zero-order valence-corrected chi connectivity index (χ0v) is 17.8. The highest BCUT2D eigenvalue weighted by atomic mass is 16.1. The van der Waals surface area contributed by atoms with E-state index in [2.05, 4.69) is 26.7 Å². The van der Waals surface area contributed by atoms with Crippen molar-refractivity contribution in [3.8, 4) is 11.4 Å². The van der Waals surface area contributed by atoms with E-state index in [0.29, 0.717) is 12.1 Å². The van der Waals surface area contributed by atoms with E-state index in [4.69, 9.17) is 4.98 Å². The number of pyridine rings is 1. The van der Waals surface area contributed by atoms with Crippen LogP contribution in [0.15, 0.2) is 42.6 Å². The van der Waals surface area contributed by atoms with Crippen molar-refractivity contribution < 1.29 is 4.79 Å². The molecule has 30 heavy (non-hydrogen) atoms. The van der Waals surface area contributed by atoms with E-state index in [9.17, 15) is 4.79 Å². The summed E-state index contributed by atoms with van der Waals surface area (Å²) in [4.78, 5) is 24.5. The Bertz CT molecular complexity index is 988. The molecule has 4 rings (SSSR count). The minimum Gasteiger partial charge on any atom is -0.351 e. The first-order chi connectivity index (χ1) is 14.8. The van der Waals surface area contributed by atoms with Crippen LogP contribution >= 0.6 is 0 Å². The third kappa shape index (κ3) is 4.70. The van der Waals surface area contributed by atoms with Gasteiger partial charge in [0.15, 0.2) is 5.65 Å². The molecule has 3 heterocycles. The van der Waals surface area contributed by atoms with Gasteiger partial charge in [-0.15, -0.1) is 0 Å². The van der Waals surface area contributed by atoms with Crippen LogP contribution in [0.4, 0.5) is 0 Å². The Morgan fingerprint density at radius 2 is 1.90 bits per heavy atom. The maximum absolute atomic E-state index is 12.8. The predicted molar refractivity (Wildman–Crippen MR) is 120 cm³/mol. The van der Waals surface area contributed by atoms with Gasteiger partial charge in [-0.2, -0.15) is 0 Å². The first kappa shape index (κ1) is 20.5. The molecule has 1 saturated heterocycles. The Morgan fingerprint density at radius 1 is 1.07 bits per heavy atom. The van der Waals surface area contributed by atoms with E-state index < -0.39 is 0 Å². The summed E-state index contributed by atoms with van der Waals surface area (Å²) in [7, 11) is 0. The molecule has 2 aromatic heterocycles. The molecule has 6 heteroatoms. The summed E-state index contributed by atoms with van der Waals surface area (Å²) in [6, 6.07) is 11.6.